The molecule has 0 aliphatic carbocycles. The topological polar surface area (TPSA) is 41.6 Å². The van der Waals surface area contributed by atoms with Gasteiger partial charge in [-0.25, -0.2) is 0 Å². The van der Waals surface area contributed by atoms with Gasteiger partial charge in [0.1, 0.15) is 6.20 Å². The van der Waals surface area contributed by atoms with Crippen LogP contribution in [0.15, 0.2) is 42.9 Å². The van der Waals surface area contributed by atoms with Crippen LogP contribution in [0.4, 0.5) is 0 Å². The van der Waals surface area contributed by atoms with E-state index in [1.165, 1.54) is 0 Å². The summed E-state index contributed by atoms with van der Waals surface area (Å²) < 4.78 is 0. The van der Waals surface area contributed by atoms with Crippen LogP contribution in [-0.2, 0) is 0 Å². The lowest BCUT2D eigenvalue weighted by atomic mass is 10.5. The van der Waals surface area contributed by atoms with Crippen molar-refractivity contribution in [2.24, 2.45) is 0 Å². The van der Waals surface area contributed by atoms with Crippen molar-refractivity contribution in [3.05, 3.63) is 49.1 Å². The lowest BCUT2D eigenvalue weighted by Crippen LogP contribution is -1.58. The van der Waals surface area contributed by atoms with Gasteiger partial charge in [0.2, 0.25) is 0 Å². The van der Waals surface area contributed by atoms with E-state index in [1.54, 1.807) is 24.7 Å². The number of hydrogen-bond acceptors (Lipinski definition) is 2. The van der Waals surface area contributed by atoms with E-state index >= 15 is 0 Å². The smallest absolute Gasteiger partial charge is 0.112 e. The van der Waals surface area contributed by atoms with Gasteiger partial charge in [-0.05, 0) is 18.2 Å². The van der Waals surface area contributed by atoms with Gasteiger partial charge < -0.3 is 0 Å². The first kappa shape index (κ1) is 7.47. The van der Waals surface area contributed by atoms with Crippen molar-refractivity contribution in [2.75, 3.05) is 0 Å². The number of rotatable bonds is 0. The zero-order valence-electron chi connectivity index (χ0n) is 5.94. The number of aromatic nitrogens is 3. The summed E-state index contributed by atoms with van der Waals surface area (Å²) in [6.45, 7) is 0. The Balaban J connectivity index is 0.000000112. The highest BCUT2D eigenvalue weighted by Gasteiger charge is 1.59. The molecule has 0 fully saturated rings. The fourth-order valence-corrected chi connectivity index (χ4v) is 0.499. The highest BCUT2D eigenvalue weighted by Crippen LogP contribution is 1.73. The molecule has 0 aliphatic rings. The molecule has 0 atom stereocenters. The van der Waals surface area contributed by atoms with E-state index < -0.39 is 0 Å². The van der Waals surface area contributed by atoms with Crippen molar-refractivity contribution >= 4 is 0 Å². The Bertz CT molecular complexity index is 195. The van der Waals surface area contributed by atoms with E-state index in [0.717, 1.165) is 0 Å². The molecule has 2 aromatic rings. The van der Waals surface area contributed by atoms with E-state index in [-0.39, 0.29) is 0 Å². The molecule has 0 amide bonds. The second-order valence-corrected chi connectivity index (χ2v) is 1.73. The van der Waals surface area contributed by atoms with Gasteiger partial charge in [-0.15, -0.1) is 0 Å². The maximum Gasteiger partial charge on any atom is 0.112 e. The minimum absolute atomic E-state index is 1.71. The van der Waals surface area contributed by atoms with Gasteiger partial charge in [0, 0.05) is 18.6 Å². The van der Waals surface area contributed by atoms with Crippen molar-refractivity contribution in [3.63, 3.8) is 0 Å². The van der Waals surface area contributed by atoms with Crippen molar-refractivity contribution in [1.29, 1.82) is 0 Å². The SMILES string of the molecule is [c]1cc[nH]n1.c1ccncc1. The number of pyridine rings is 1. The first-order valence-electron chi connectivity index (χ1n) is 3.21. The second-order valence-electron chi connectivity index (χ2n) is 1.73. The highest BCUT2D eigenvalue weighted by molar-refractivity contribution is 4.88. The molecule has 11 heavy (non-hydrogen) atoms. The fourth-order valence-electron chi connectivity index (χ4n) is 0.499. The van der Waals surface area contributed by atoms with Gasteiger partial charge in [-0.1, -0.05) is 6.07 Å². The van der Waals surface area contributed by atoms with Gasteiger partial charge in [0.25, 0.3) is 0 Å². The number of H-pyrrole nitrogens is 1. The molecule has 2 aromatic heterocycles. The average molecular weight is 146 g/mol. The summed E-state index contributed by atoms with van der Waals surface area (Å²) in [5.41, 5.74) is 0. The number of nitrogens with one attached hydrogen (secondary N) is 1. The molecule has 0 saturated carbocycles. The molecular formula is C8H8N3. The van der Waals surface area contributed by atoms with Crippen molar-refractivity contribution in [2.45, 2.75) is 0 Å². The van der Waals surface area contributed by atoms with Crippen LogP contribution in [0.25, 0.3) is 0 Å². The van der Waals surface area contributed by atoms with Crippen LogP contribution < -0.4 is 0 Å². The van der Waals surface area contributed by atoms with Gasteiger partial charge >= 0.3 is 0 Å². The summed E-state index contributed by atoms with van der Waals surface area (Å²) in [6.07, 6.45) is 7.76. The third-order valence-corrected chi connectivity index (χ3v) is 0.928. The molecule has 0 unspecified atom stereocenters. The number of nitrogens with zero attached hydrogens (tertiary/aromatic N) is 2. The molecule has 0 saturated heterocycles. The predicted molar refractivity (Wildman–Crippen MR) is 41.7 cm³/mol. The molecule has 0 aromatic carbocycles. The van der Waals surface area contributed by atoms with Crippen LogP contribution in [-0.4, -0.2) is 15.2 Å². The lowest BCUT2D eigenvalue weighted by Gasteiger charge is -1.70. The molecule has 1 N–H and O–H groups in total. The summed E-state index contributed by atoms with van der Waals surface area (Å²) in [4.78, 5) is 3.78. The second kappa shape index (κ2) is 5.17. The standard InChI is InChI=1S/C5H5N.C3H3N2/c1-2-4-6-5-3-1;1-2-4-5-3-1/h1-5H;1-2H,(H,4,5). The summed E-state index contributed by atoms with van der Waals surface area (Å²) >= 11 is 0. The maximum absolute atomic E-state index is 3.78. The van der Waals surface area contributed by atoms with E-state index in [4.69, 9.17) is 0 Å². The molecule has 1 radical (unpaired) electrons. The highest BCUT2D eigenvalue weighted by atomic mass is 15.1. The monoisotopic (exact) mass is 146 g/mol. The summed E-state index contributed by atoms with van der Waals surface area (Å²) in [7, 11) is 0. The van der Waals surface area contributed by atoms with E-state index in [1.807, 2.05) is 18.2 Å². The first-order chi connectivity index (χ1) is 5.50. The molecule has 0 aliphatic heterocycles. The molecule has 3 heteroatoms. The normalized spacial score (nSPS) is 8.00. The van der Waals surface area contributed by atoms with Crippen LogP contribution in [0.2, 0.25) is 0 Å². The fraction of sp³-hybridized carbons (Fsp3) is 0. The molecule has 0 bridgehead atoms. The predicted octanol–water partition coefficient (Wildman–Crippen LogP) is 1.29. The summed E-state index contributed by atoms with van der Waals surface area (Å²) in [5, 5.41) is 6.03. The van der Waals surface area contributed by atoms with E-state index in [9.17, 15) is 0 Å². The van der Waals surface area contributed by atoms with Crippen molar-refractivity contribution in [1.82, 2.24) is 15.2 Å². The Morgan fingerprint density at radius 2 is 1.91 bits per heavy atom. The zero-order chi connectivity index (χ0) is 7.78. The quantitative estimate of drug-likeness (QED) is 0.608. The largest absolute Gasteiger partial charge is 0.285 e. The minimum atomic E-state index is 1.71. The first-order valence-corrected chi connectivity index (χ1v) is 3.21. The Kier molecular flexibility index (Phi) is 3.51. The maximum atomic E-state index is 3.78. The van der Waals surface area contributed by atoms with Crippen LogP contribution in [0.1, 0.15) is 0 Å². The van der Waals surface area contributed by atoms with Gasteiger partial charge in [-0.3, -0.25) is 10.1 Å². The Morgan fingerprint density at radius 3 is 2.09 bits per heavy atom. The molecule has 0 spiro atoms. The van der Waals surface area contributed by atoms with Crippen LogP contribution in [0.5, 0.6) is 0 Å². The van der Waals surface area contributed by atoms with Gasteiger partial charge in [-0.2, -0.15) is 5.10 Å². The average Bonchev–Trinajstić information content (AvgIpc) is 2.64. The van der Waals surface area contributed by atoms with E-state index in [2.05, 4.69) is 21.4 Å². The molecule has 3 nitrogen and oxygen atoms in total. The summed E-state index contributed by atoms with van der Waals surface area (Å²) in [6, 6.07) is 7.42. The lowest BCUT2D eigenvalue weighted by molar-refractivity contribution is 1.08. The van der Waals surface area contributed by atoms with Gasteiger partial charge in [0.15, 0.2) is 0 Å². The molecule has 2 heterocycles. The zero-order valence-corrected chi connectivity index (χ0v) is 5.94. The Labute approximate surface area is 65.1 Å². The van der Waals surface area contributed by atoms with Crippen molar-refractivity contribution in [3.8, 4) is 0 Å². The third-order valence-electron chi connectivity index (χ3n) is 0.928. The number of aromatic amines is 1. The van der Waals surface area contributed by atoms with Gasteiger partial charge in [0.05, 0.1) is 0 Å². The van der Waals surface area contributed by atoms with Crippen LogP contribution in [0, 0.1) is 6.20 Å². The summed E-state index contributed by atoms with van der Waals surface area (Å²) in [5.74, 6) is 0. The molecular weight excluding hydrogens is 138 g/mol. The van der Waals surface area contributed by atoms with E-state index in [0.29, 0.717) is 0 Å². The molecule has 55 valence electrons. The molecule has 2 rings (SSSR count). The van der Waals surface area contributed by atoms with Crippen LogP contribution in [0.3, 0.4) is 0 Å². The number of hydrogen-bond donors (Lipinski definition) is 1. The Morgan fingerprint density at radius 1 is 1.09 bits per heavy atom. The Hall–Kier alpha value is -1.64. The van der Waals surface area contributed by atoms with Crippen molar-refractivity contribution < 1.29 is 0 Å². The minimum Gasteiger partial charge on any atom is -0.285 e. The van der Waals surface area contributed by atoms with Crippen LogP contribution >= 0.6 is 0 Å². The third kappa shape index (κ3) is 3.86.